The highest BCUT2D eigenvalue weighted by atomic mass is 35.5. The van der Waals surface area contributed by atoms with Crippen molar-refractivity contribution in [1.82, 2.24) is 0 Å². The van der Waals surface area contributed by atoms with Crippen LogP contribution in [0.4, 0.5) is 34.1 Å². The molecule has 0 aromatic heterocycles. The number of Topliss-reactive ketones (excluding diaryl/α,β-unsaturated/α-hetero) is 2. The maximum atomic E-state index is 13.5. The summed E-state index contributed by atoms with van der Waals surface area (Å²) in [5.74, 6) is -3.24. The largest absolute Gasteiger partial charge is 0.490 e. The summed E-state index contributed by atoms with van der Waals surface area (Å²) in [5.41, 5.74) is 3.46. The van der Waals surface area contributed by atoms with E-state index in [0.29, 0.717) is 36.0 Å². The van der Waals surface area contributed by atoms with Gasteiger partial charge in [0.25, 0.3) is 23.6 Å². The van der Waals surface area contributed by atoms with Crippen LogP contribution in [0.3, 0.4) is 0 Å². The fraction of sp³-hybridized carbons (Fsp3) is 0.217. The van der Waals surface area contributed by atoms with Crippen LogP contribution in [0, 0.1) is 0 Å². The minimum atomic E-state index is -1.66. The molecule has 0 aliphatic heterocycles. The highest BCUT2D eigenvalue weighted by molar-refractivity contribution is 6.33. The SMILES string of the molecule is CC(=O)C(N=Nc1cc(C(=O)Nc2ccccc2CCCl)ccc1Cl)C(=O)Nc1ccc(NC(=O)C(N=Nc2cc(C(=O)Nc3ccccc3CCCl)ccc2Cl)C(C)=O)c(OCCCl)c1. The molecule has 5 rings (SSSR count). The lowest BCUT2D eigenvalue weighted by Crippen LogP contribution is -2.32. The number of azo groups is 2. The number of halogens is 5. The maximum Gasteiger partial charge on any atom is 0.258 e. The Morgan fingerprint density at radius 2 is 1.02 bits per heavy atom. The Labute approximate surface area is 404 Å². The minimum absolute atomic E-state index is 0.0204. The molecule has 0 saturated heterocycles. The monoisotopic (exact) mass is 992 g/mol. The highest BCUT2D eigenvalue weighted by Crippen LogP contribution is 2.32. The summed E-state index contributed by atoms with van der Waals surface area (Å²) in [6.07, 6.45) is 1.07. The number of nitrogens with zero attached hydrogens (tertiary/aromatic N) is 4. The molecule has 0 aliphatic carbocycles. The summed E-state index contributed by atoms with van der Waals surface area (Å²) in [4.78, 5) is 78.7. The van der Waals surface area contributed by atoms with Crippen LogP contribution in [0.15, 0.2) is 124 Å². The van der Waals surface area contributed by atoms with Gasteiger partial charge in [0, 0.05) is 46.0 Å². The molecule has 0 heterocycles. The van der Waals surface area contributed by atoms with Crippen molar-refractivity contribution in [2.75, 3.05) is 45.5 Å². The van der Waals surface area contributed by atoms with Crippen molar-refractivity contribution >= 4 is 127 Å². The molecule has 20 heteroatoms. The van der Waals surface area contributed by atoms with E-state index in [0.717, 1.165) is 25.0 Å². The number of hydrogen-bond donors (Lipinski definition) is 4. The number of rotatable bonds is 21. The zero-order valence-corrected chi connectivity index (χ0v) is 39.0. The van der Waals surface area contributed by atoms with E-state index in [1.807, 2.05) is 24.3 Å². The first-order valence-corrected chi connectivity index (χ1v) is 22.4. The average molecular weight is 995 g/mol. The molecule has 0 radical (unpaired) electrons. The molecule has 66 heavy (non-hydrogen) atoms. The summed E-state index contributed by atoms with van der Waals surface area (Å²) < 4.78 is 5.75. The Morgan fingerprint density at radius 1 is 0.545 bits per heavy atom. The Kier molecular flexibility index (Phi) is 19.1. The van der Waals surface area contributed by atoms with Gasteiger partial charge in [-0.25, -0.2) is 0 Å². The first-order chi connectivity index (χ1) is 31.7. The molecule has 2 atom stereocenters. The molecule has 0 saturated carbocycles. The Balaban J connectivity index is 1.29. The van der Waals surface area contributed by atoms with Gasteiger partial charge < -0.3 is 26.0 Å². The number of amides is 4. The normalized spacial score (nSPS) is 12.0. The van der Waals surface area contributed by atoms with E-state index in [2.05, 4.69) is 41.7 Å². The van der Waals surface area contributed by atoms with Gasteiger partial charge in [0.15, 0.2) is 11.6 Å². The third-order valence-electron chi connectivity index (χ3n) is 9.35. The lowest BCUT2D eigenvalue weighted by Gasteiger charge is -2.16. The van der Waals surface area contributed by atoms with Crippen molar-refractivity contribution in [1.29, 1.82) is 0 Å². The predicted octanol–water partition coefficient (Wildman–Crippen LogP) is 11.0. The van der Waals surface area contributed by atoms with E-state index in [9.17, 15) is 28.8 Å². The number of anilines is 4. The maximum absolute atomic E-state index is 13.5. The van der Waals surface area contributed by atoms with Crippen LogP contribution in [0.5, 0.6) is 5.75 Å². The molecular formula is C46H41Cl5N8O7. The van der Waals surface area contributed by atoms with Gasteiger partial charge in [0.1, 0.15) is 23.7 Å². The zero-order valence-electron chi connectivity index (χ0n) is 35.2. The standard InChI is InChI=1S/C46H41Cl5N8O7/c1-26(60)41(58-56-38-23-30(11-14-33(38)50)43(62)53-35-9-5-3-7-28(35)17-19-47)45(64)52-32-13-16-37(40(25-32)66-22-21-49)55-46(65)42(27(2)61)59-57-39-24-31(12-15-34(39)51)44(63)54-36-10-6-4-8-29(36)18-20-48/h3-16,23-25,41-42H,17-22H2,1-2H3,(H,52,64)(H,53,62)(H,54,63)(H,55,65). The van der Waals surface area contributed by atoms with Gasteiger partial charge in [-0.05, 0) is 98.5 Å². The number of hydrogen-bond acceptors (Lipinski definition) is 11. The van der Waals surface area contributed by atoms with Crippen LogP contribution < -0.4 is 26.0 Å². The predicted molar refractivity (Wildman–Crippen MR) is 258 cm³/mol. The number of aryl methyl sites for hydroxylation is 2. The minimum Gasteiger partial charge on any atom is -0.490 e. The third-order valence-corrected chi connectivity index (χ3v) is 10.5. The van der Waals surface area contributed by atoms with Gasteiger partial charge in [-0.3, -0.25) is 28.8 Å². The van der Waals surface area contributed by atoms with Crippen molar-refractivity contribution in [3.63, 3.8) is 0 Å². The molecule has 4 N–H and O–H groups in total. The van der Waals surface area contributed by atoms with Crippen LogP contribution in [-0.2, 0) is 32.0 Å². The number of alkyl halides is 3. The summed E-state index contributed by atoms with van der Waals surface area (Å²) in [7, 11) is 0. The molecule has 0 spiro atoms. The van der Waals surface area contributed by atoms with E-state index in [-0.39, 0.29) is 62.2 Å². The molecule has 2 unspecified atom stereocenters. The van der Waals surface area contributed by atoms with Crippen LogP contribution in [0.25, 0.3) is 0 Å². The van der Waals surface area contributed by atoms with Gasteiger partial charge in [0.05, 0.1) is 21.6 Å². The molecule has 5 aromatic rings. The van der Waals surface area contributed by atoms with Gasteiger partial charge in [-0.1, -0.05) is 59.6 Å². The number of benzene rings is 5. The summed E-state index contributed by atoms with van der Waals surface area (Å²) in [5, 5.41) is 27.1. The Bertz CT molecular complexity index is 2680. The van der Waals surface area contributed by atoms with E-state index >= 15 is 0 Å². The molecule has 0 bridgehead atoms. The Hall–Kier alpha value is -6.23. The third kappa shape index (κ3) is 14.1. The molecule has 0 fully saturated rings. The van der Waals surface area contributed by atoms with Gasteiger partial charge in [-0.15, -0.1) is 34.8 Å². The van der Waals surface area contributed by atoms with Crippen LogP contribution in [0.2, 0.25) is 10.0 Å². The molecule has 5 aromatic carbocycles. The average Bonchev–Trinajstić information content (AvgIpc) is 3.28. The topological polar surface area (TPSA) is 209 Å². The van der Waals surface area contributed by atoms with Gasteiger partial charge in [0.2, 0.25) is 12.1 Å². The lowest BCUT2D eigenvalue weighted by molar-refractivity contribution is -0.127. The number of ether oxygens (including phenoxy) is 1. The number of carbonyl (C=O) groups is 6. The van der Waals surface area contributed by atoms with E-state index < -0.39 is 47.3 Å². The molecular weight excluding hydrogens is 954 g/mol. The number of carbonyl (C=O) groups excluding carboxylic acids is 6. The summed E-state index contributed by atoms with van der Waals surface area (Å²) in [6.45, 7) is 2.27. The number of para-hydroxylation sites is 2. The van der Waals surface area contributed by atoms with Crippen LogP contribution in [0.1, 0.15) is 45.7 Å². The molecule has 342 valence electrons. The second-order valence-corrected chi connectivity index (χ2v) is 16.1. The van der Waals surface area contributed by atoms with Gasteiger partial charge in [-0.2, -0.15) is 20.5 Å². The van der Waals surface area contributed by atoms with Crippen molar-refractivity contribution in [3.8, 4) is 5.75 Å². The molecule has 4 amide bonds. The molecule has 0 aliphatic rings. The van der Waals surface area contributed by atoms with Crippen molar-refractivity contribution in [2.24, 2.45) is 20.5 Å². The second kappa shape index (κ2) is 24.9. The van der Waals surface area contributed by atoms with Crippen LogP contribution >= 0.6 is 58.0 Å². The quantitative estimate of drug-likeness (QED) is 0.0317. The van der Waals surface area contributed by atoms with E-state index in [4.69, 9.17) is 62.7 Å². The smallest absolute Gasteiger partial charge is 0.258 e. The Morgan fingerprint density at radius 3 is 1.47 bits per heavy atom. The fourth-order valence-electron chi connectivity index (χ4n) is 6.03. The second-order valence-electron chi connectivity index (χ2n) is 14.1. The van der Waals surface area contributed by atoms with Crippen molar-refractivity contribution in [3.05, 3.63) is 135 Å². The van der Waals surface area contributed by atoms with Crippen molar-refractivity contribution < 1.29 is 33.5 Å². The van der Waals surface area contributed by atoms with E-state index in [1.54, 1.807) is 24.3 Å². The van der Waals surface area contributed by atoms with E-state index in [1.165, 1.54) is 54.6 Å². The zero-order chi connectivity index (χ0) is 47.8. The summed E-state index contributed by atoms with van der Waals surface area (Å²) in [6, 6.07) is 23.8. The number of nitrogens with one attached hydrogen (secondary N) is 4. The summed E-state index contributed by atoms with van der Waals surface area (Å²) >= 11 is 30.5. The van der Waals surface area contributed by atoms with Crippen molar-refractivity contribution in [2.45, 2.75) is 38.8 Å². The highest BCUT2D eigenvalue weighted by Gasteiger charge is 2.27. The fourth-order valence-corrected chi connectivity index (χ4v) is 6.83. The first kappa shape index (κ1) is 50.8. The molecule has 15 nitrogen and oxygen atoms in total. The first-order valence-electron chi connectivity index (χ1n) is 20.0. The lowest BCUT2D eigenvalue weighted by atomic mass is 10.1. The van der Waals surface area contributed by atoms with Crippen LogP contribution in [-0.4, -0.2) is 71.5 Å². The van der Waals surface area contributed by atoms with Gasteiger partial charge >= 0.3 is 0 Å². The number of ketones is 2.